The first-order valence-corrected chi connectivity index (χ1v) is 10.6. The molecule has 156 valence electrons. The van der Waals surface area contributed by atoms with Crippen LogP contribution < -0.4 is 0 Å². The largest absolute Gasteiger partial charge is 0.444 e. The van der Waals surface area contributed by atoms with Gasteiger partial charge in [0.2, 0.25) is 0 Å². The van der Waals surface area contributed by atoms with Gasteiger partial charge in [0.1, 0.15) is 11.7 Å². The van der Waals surface area contributed by atoms with E-state index in [2.05, 4.69) is 32.2 Å². The first-order valence-electron chi connectivity index (χ1n) is 9.77. The van der Waals surface area contributed by atoms with Crippen LogP contribution >= 0.6 is 15.9 Å². The summed E-state index contributed by atoms with van der Waals surface area (Å²) in [5.41, 5.74) is 3.72. The number of hydrogen-bond acceptors (Lipinski definition) is 5. The van der Waals surface area contributed by atoms with Crippen molar-refractivity contribution in [3.05, 3.63) is 40.4 Å². The number of halogens is 1. The lowest BCUT2D eigenvalue weighted by atomic mass is 10.1. The van der Waals surface area contributed by atoms with Crippen molar-refractivity contribution in [2.24, 2.45) is 0 Å². The molecule has 0 unspecified atom stereocenters. The zero-order chi connectivity index (χ0) is 21.6. The number of amides is 1. The standard InChI is InChI=1S/C21H23BrN6O2/c1-13-17(14-7-18(22)19-15(8-23)9-24-27(19)11-14)10-25-28(13)16-5-6-26(12-16)20(29)30-21(2,3)4/h7,9-11,16H,5-6,12H2,1-4H3/t16-/m1/s1. The van der Waals surface area contributed by atoms with E-state index in [1.54, 1.807) is 15.6 Å². The number of nitrogens with zero attached hydrogens (tertiary/aromatic N) is 6. The van der Waals surface area contributed by atoms with Gasteiger partial charge in [0.05, 0.1) is 29.5 Å². The van der Waals surface area contributed by atoms with Gasteiger partial charge in [-0.1, -0.05) is 0 Å². The molecule has 3 aromatic heterocycles. The van der Waals surface area contributed by atoms with Crippen molar-refractivity contribution in [3.63, 3.8) is 0 Å². The fourth-order valence-electron chi connectivity index (χ4n) is 3.81. The van der Waals surface area contributed by atoms with E-state index < -0.39 is 5.60 Å². The molecule has 1 aliphatic heterocycles. The molecule has 1 fully saturated rings. The van der Waals surface area contributed by atoms with Crippen molar-refractivity contribution in [3.8, 4) is 17.2 Å². The molecular formula is C21H23BrN6O2. The van der Waals surface area contributed by atoms with Gasteiger partial charge in [0.15, 0.2) is 0 Å². The number of rotatable bonds is 2. The summed E-state index contributed by atoms with van der Waals surface area (Å²) in [7, 11) is 0. The highest BCUT2D eigenvalue weighted by atomic mass is 79.9. The Morgan fingerprint density at radius 1 is 1.33 bits per heavy atom. The van der Waals surface area contributed by atoms with Crippen LogP contribution in [0, 0.1) is 18.3 Å². The molecule has 1 aliphatic rings. The second-order valence-corrected chi connectivity index (χ2v) is 9.35. The molecule has 3 aromatic rings. The molecule has 1 amide bonds. The molecule has 0 N–H and O–H groups in total. The summed E-state index contributed by atoms with van der Waals surface area (Å²) in [6.45, 7) is 8.87. The highest BCUT2D eigenvalue weighted by Gasteiger charge is 2.32. The van der Waals surface area contributed by atoms with E-state index in [1.165, 1.54) is 0 Å². The van der Waals surface area contributed by atoms with Crippen molar-refractivity contribution < 1.29 is 9.53 Å². The second kappa shape index (κ2) is 7.43. The minimum absolute atomic E-state index is 0.105. The van der Waals surface area contributed by atoms with Crippen molar-refractivity contribution in [2.45, 2.75) is 45.8 Å². The van der Waals surface area contributed by atoms with E-state index >= 15 is 0 Å². The summed E-state index contributed by atoms with van der Waals surface area (Å²) in [6.07, 6.45) is 5.85. The molecule has 1 atom stereocenters. The Labute approximate surface area is 183 Å². The fraction of sp³-hybridized carbons (Fsp3) is 0.429. The zero-order valence-corrected chi connectivity index (χ0v) is 19.0. The maximum absolute atomic E-state index is 12.4. The van der Waals surface area contributed by atoms with Crippen molar-refractivity contribution >= 4 is 27.5 Å². The first-order chi connectivity index (χ1) is 14.2. The Morgan fingerprint density at radius 3 is 2.80 bits per heavy atom. The summed E-state index contributed by atoms with van der Waals surface area (Å²) < 4.78 is 9.99. The van der Waals surface area contributed by atoms with Crippen LogP contribution in [0.2, 0.25) is 0 Å². The lowest BCUT2D eigenvalue weighted by Crippen LogP contribution is -2.35. The summed E-state index contributed by atoms with van der Waals surface area (Å²) in [5.74, 6) is 0. The summed E-state index contributed by atoms with van der Waals surface area (Å²) in [4.78, 5) is 14.1. The van der Waals surface area contributed by atoms with Gasteiger partial charge in [0, 0.05) is 40.6 Å². The van der Waals surface area contributed by atoms with Crippen LogP contribution in [0.25, 0.3) is 16.6 Å². The number of carbonyl (C=O) groups is 1. The van der Waals surface area contributed by atoms with Crippen LogP contribution in [-0.2, 0) is 4.74 Å². The number of aromatic nitrogens is 4. The van der Waals surface area contributed by atoms with E-state index in [4.69, 9.17) is 4.74 Å². The fourth-order valence-corrected chi connectivity index (χ4v) is 4.45. The highest BCUT2D eigenvalue weighted by molar-refractivity contribution is 9.10. The molecular weight excluding hydrogens is 448 g/mol. The van der Waals surface area contributed by atoms with Crippen molar-refractivity contribution in [1.82, 2.24) is 24.3 Å². The molecule has 4 heterocycles. The molecule has 30 heavy (non-hydrogen) atoms. The van der Waals surface area contributed by atoms with Gasteiger partial charge in [-0.2, -0.15) is 15.5 Å². The van der Waals surface area contributed by atoms with Gasteiger partial charge in [0.25, 0.3) is 0 Å². The van der Waals surface area contributed by atoms with Crippen LogP contribution in [-0.4, -0.2) is 49.1 Å². The quantitative estimate of drug-likeness (QED) is 0.556. The van der Waals surface area contributed by atoms with Crippen LogP contribution in [0.3, 0.4) is 0 Å². The van der Waals surface area contributed by atoms with Gasteiger partial charge in [-0.15, -0.1) is 0 Å². The van der Waals surface area contributed by atoms with E-state index in [9.17, 15) is 10.1 Å². The predicted octanol–water partition coefficient (Wildman–Crippen LogP) is 4.32. The maximum atomic E-state index is 12.4. The zero-order valence-electron chi connectivity index (χ0n) is 17.4. The molecule has 9 heteroatoms. The number of pyridine rings is 1. The molecule has 1 saturated heterocycles. The minimum Gasteiger partial charge on any atom is -0.444 e. The van der Waals surface area contributed by atoms with Crippen molar-refractivity contribution in [2.75, 3.05) is 13.1 Å². The first kappa shape index (κ1) is 20.4. The Hall–Kier alpha value is -2.86. The topological polar surface area (TPSA) is 88.5 Å². The van der Waals surface area contributed by atoms with Gasteiger partial charge in [-0.25, -0.2) is 9.31 Å². The summed E-state index contributed by atoms with van der Waals surface area (Å²) in [6, 6.07) is 4.24. The second-order valence-electron chi connectivity index (χ2n) is 8.50. The lowest BCUT2D eigenvalue weighted by Gasteiger charge is -2.24. The Balaban J connectivity index is 1.59. The number of ether oxygens (including phenoxy) is 1. The average molecular weight is 471 g/mol. The Kier molecular flexibility index (Phi) is 5.06. The van der Waals surface area contributed by atoms with Crippen LogP contribution in [0.15, 0.2) is 29.1 Å². The molecule has 0 aliphatic carbocycles. The molecule has 0 saturated carbocycles. The molecule has 8 nitrogen and oxygen atoms in total. The molecule has 0 spiro atoms. The SMILES string of the molecule is Cc1c(-c2cc(Br)c3c(C#N)cnn3c2)cnn1[C@@H]1CCN(C(=O)OC(C)(C)C)C1. The smallest absolute Gasteiger partial charge is 0.410 e. The maximum Gasteiger partial charge on any atom is 0.410 e. The third-order valence-electron chi connectivity index (χ3n) is 5.20. The van der Waals surface area contributed by atoms with E-state index in [0.29, 0.717) is 18.7 Å². The third-order valence-corrected chi connectivity index (χ3v) is 5.81. The highest BCUT2D eigenvalue weighted by Crippen LogP contribution is 2.32. The number of fused-ring (bicyclic) bond motifs is 1. The number of nitriles is 1. The average Bonchev–Trinajstić information content (AvgIpc) is 3.37. The molecule has 0 aromatic carbocycles. The van der Waals surface area contributed by atoms with E-state index in [0.717, 1.165) is 33.2 Å². The molecule has 4 rings (SSSR count). The number of likely N-dealkylation sites (tertiary alicyclic amines) is 1. The predicted molar refractivity (Wildman–Crippen MR) is 115 cm³/mol. The summed E-state index contributed by atoms with van der Waals surface area (Å²) >= 11 is 3.56. The Morgan fingerprint density at radius 2 is 2.10 bits per heavy atom. The van der Waals surface area contributed by atoms with Gasteiger partial charge < -0.3 is 9.64 Å². The number of hydrogen-bond donors (Lipinski definition) is 0. The van der Waals surface area contributed by atoms with Gasteiger partial charge in [-0.3, -0.25) is 4.68 Å². The van der Waals surface area contributed by atoms with Gasteiger partial charge >= 0.3 is 6.09 Å². The lowest BCUT2D eigenvalue weighted by molar-refractivity contribution is 0.0288. The third kappa shape index (κ3) is 3.67. The molecule has 0 bridgehead atoms. The van der Waals surface area contributed by atoms with Crippen molar-refractivity contribution in [1.29, 1.82) is 5.26 Å². The minimum atomic E-state index is -0.506. The van der Waals surface area contributed by atoms with Gasteiger partial charge in [-0.05, 0) is 56.1 Å². The number of carbonyl (C=O) groups excluding carboxylic acids is 1. The van der Waals surface area contributed by atoms with Crippen LogP contribution in [0.5, 0.6) is 0 Å². The summed E-state index contributed by atoms with van der Waals surface area (Å²) in [5, 5.41) is 18.2. The monoisotopic (exact) mass is 470 g/mol. The van der Waals surface area contributed by atoms with E-state index in [-0.39, 0.29) is 12.1 Å². The normalized spacial score (nSPS) is 16.8. The van der Waals surface area contributed by atoms with Crippen LogP contribution in [0.4, 0.5) is 4.79 Å². The molecule has 0 radical (unpaired) electrons. The van der Waals surface area contributed by atoms with Crippen LogP contribution in [0.1, 0.15) is 44.5 Å². The Bertz CT molecular complexity index is 1170. The van der Waals surface area contributed by atoms with E-state index in [1.807, 2.05) is 50.8 Å².